The van der Waals surface area contributed by atoms with Crippen molar-refractivity contribution in [3.8, 4) is 5.75 Å². The molecule has 0 aliphatic carbocycles. The van der Waals surface area contributed by atoms with Crippen LogP contribution in [-0.2, 0) is 14.9 Å². The summed E-state index contributed by atoms with van der Waals surface area (Å²) >= 11 is 6.35. The Morgan fingerprint density at radius 2 is 1.94 bits per heavy atom. The fourth-order valence-corrected chi connectivity index (χ4v) is 4.93. The number of carbonyl (C=O) groups excluding carboxylic acids is 1. The highest BCUT2D eigenvalue weighted by atomic mass is 35.5. The van der Waals surface area contributed by atoms with Gasteiger partial charge in [0.25, 0.3) is 0 Å². The largest absolute Gasteiger partial charge is 0.459 e. The molecule has 0 saturated carbocycles. The molecule has 1 N–H and O–H groups in total. The molecule has 0 fully saturated rings. The molecule has 2 unspecified atom stereocenters. The van der Waals surface area contributed by atoms with Crippen LogP contribution in [0.4, 0.5) is 11.4 Å². The number of hydrogen-bond donors (Lipinski definition) is 1. The van der Waals surface area contributed by atoms with Gasteiger partial charge < -0.3 is 14.8 Å². The Morgan fingerprint density at radius 3 is 2.70 bits per heavy atom. The number of hydrogen-bond acceptors (Lipinski definition) is 5. The standard InChI is InChI=1S/C27H25ClN2O3/c1-15(2)25(31)32-16(3)24-27(26(4,5)20-14-18(28)11-12-21(20)30-27)33-22-13-10-17-8-6-7-9-19(17)23(22)29-24/h6-14,16,30H,1H2,2-5H3. The van der Waals surface area contributed by atoms with Gasteiger partial charge in [-0.25, -0.2) is 9.79 Å². The van der Waals surface area contributed by atoms with Crippen LogP contribution >= 0.6 is 11.6 Å². The minimum Gasteiger partial charge on any atom is -0.459 e. The number of aliphatic imine (C=N–C) groups is 1. The molecule has 2 heterocycles. The normalized spacial score (nSPS) is 20.8. The van der Waals surface area contributed by atoms with Crippen molar-refractivity contribution in [1.82, 2.24) is 0 Å². The average molecular weight is 461 g/mol. The van der Waals surface area contributed by atoms with Crippen LogP contribution in [-0.4, -0.2) is 23.5 Å². The van der Waals surface area contributed by atoms with Crippen LogP contribution in [0.25, 0.3) is 10.8 Å². The van der Waals surface area contributed by atoms with E-state index in [2.05, 4.69) is 25.7 Å². The van der Waals surface area contributed by atoms with E-state index in [1.165, 1.54) is 0 Å². The molecule has 2 aliphatic heterocycles. The molecule has 5 rings (SSSR count). The van der Waals surface area contributed by atoms with Crippen LogP contribution in [0.2, 0.25) is 5.02 Å². The van der Waals surface area contributed by atoms with E-state index in [1.54, 1.807) is 6.92 Å². The second-order valence-electron chi connectivity index (χ2n) is 9.18. The van der Waals surface area contributed by atoms with Gasteiger partial charge in [-0.05, 0) is 62.9 Å². The highest BCUT2D eigenvalue weighted by molar-refractivity contribution is 6.30. The van der Waals surface area contributed by atoms with Crippen molar-refractivity contribution >= 4 is 45.4 Å². The van der Waals surface area contributed by atoms with Crippen molar-refractivity contribution in [3.63, 3.8) is 0 Å². The number of esters is 1. The summed E-state index contributed by atoms with van der Waals surface area (Å²) in [7, 11) is 0. The highest BCUT2D eigenvalue weighted by Crippen LogP contribution is 2.54. The number of benzene rings is 3. The quantitative estimate of drug-likeness (QED) is 0.355. The van der Waals surface area contributed by atoms with Gasteiger partial charge in [-0.3, -0.25) is 0 Å². The van der Waals surface area contributed by atoms with Gasteiger partial charge in [-0.15, -0.1) is 0 Å². The van der Waals surface area contributed by atoms with Gasteiger partial charge in [0.1, 0.15) is 23.3 Å². The summed E-state index contributed by atoms with van der Waals surface area (Å²) in [5.74, 6) is 0.191. The molecule has 1 spiro atoms. The van der Waals surface area contributed by atoms with Crippen molar-refractivity contribution in [1.29, 1.82) is 0 Å². The Morgan fingerprint density at radius 1 is 1.18 bits per heavy atom. The van der Waals surface area contributed by atoms with Crippen molar-refractivity contribution < 1.29 is 14.3 Å². The van der Waals surface area contributed by atoms with E-state index in [-0.39, 0.29) is 0 Å². The van der Waals surface area contributed by atoms with Gasteiger partial charge in [0.2, 0.25) is 5.72 Å². The van der Waals surface area contributed by atoms with Gasteiger partial charge in [-0.1, -0.05) is 48.5 Å². The zero-order valence-corrected chi connectivity index (χ0v) is 19.8. The molecule has 0 saturated heterocycles. The van der Waals surface area contributed by atoms with E-state index in [9.17, 15) is 4.79 Å². The number of fused-ring (bicyclic) bond motifs is 4. The molecule has 0 aromatic heterocycles. The van der Waals surface area contributed by atoms with E-state index in [4.69, 9.17) is 26.1 Å². The third kappa shape index (κ3) is 3.14. The summed E-state index contributed by atoms with van der Waals surface area (Å²) in [5, 5.41) is 6.23. The van der Waals surface area contributed by atoms with Crippen molar-refractivity contribution in [3.05, 3.63) is 77.3 Å². The van der Waals surface area contributed by atoms with Gasteiger partial charge in [0.15, 0.2) is 0 Å². The van der Waals surface area contributed by atoms with Crippen LogP contribution in [0.1, 0.15) is 33.3 Å². The molecule has 0 bridgehead atoms. The Kier molecular flexibility index (Phi) is 4.80. The molecule has 0 radical (unpaired) electrons. The van der Waals surface area contributed by atoms with Gasteiger partial charge in [0.05, 0.1) is 5.41 Å². The molecule has 3 aromatic rings. The van der Waals surface area contributed by atoms with Crippen molar-refractivity contribution in [2.24, 2.45) is 4.99 Å². The summed E-state index contributed by atoms with van der Waals surface area (Å²) in [6.07, 6.45) is -0.669. The third-order valence-electron chi connectivity index (χ3n) is 6.58. The Bertz CT molecular complexity index is 1360. The summed E-state index contributed by atoms with van der Waals surface area (Å²) < 4.78 is 12.6. The number of carbonyl (C=O) groups is 1. The third-order valence-corrected chi connectivity index (χ3v) is 6.82. The average Bonchev–Trinajstić information content (AvgIpc) is 2.99. The number of nitrogens with one attached hydrogen (secondary N) is 1. The number of anilines is 1. The van der Waals surface area contributed by atoms with Crippen LogP contribution in [0.15, 0.2) is 71.7 Å². The second kappa shape index (κ2) is 7.35. The minimum atomic E-state index is -1.08. The zero-order chi connectivity index (χ0) is 23.5. The fraction of sp³-hybridized carbons (Fsp3) is 0.259. The molecule has 5 nitrogen and oxygen atoms in total. The lowest BCUT2D eigenvalue weighted by Gasteiger charge is -2.45. The summed E-state index contributed by atoms with van der Waals surface area (Å²) in [4.78, 5) is 17.5. The van der Waals surface area contributed by atoms with Crippen LogP contribution in [0.5, 0.6) is 5.75 Å². The first kappa shape index (κ1) is 21.5. The number of halogens is 1. The maximum atomic E-state index is 12.4. The van der Waals surface area contributed by atoms with E-state index in [0.29, 0.717) is 22.1 Å². The summed E-state index contributed by atoms with van der Waals surface area (Å²) in [5.41, 5.74) is 1.87. The van der Waals surface area contributed by atoms with Crippen LogP contribution in [0, 0.1) is 0 Å². The highest BCUT2D eigenvalue weighted by Gasteiger charge is 2.61. The number of nitrogens with zero attached hydrogens (tertiary/aromatic N) is 1. The van der Waals surface area contributed by atoms with Crippen molar-refractivity contribution in [2.45, 2.75) is 44.9 Å². The van der Waals surface area contributed by atoms with Crippen LogP contribution < -0.4 is 10.1 Å². The lowest BCUT2D eigenvalue weighted by atomic mass is 9.74. The van der Waals surface area contributed by atoms with E-state index >= 15 is 0 Å². The van der Waals surface area contributed by atoms with Crippen LogP contribution in [0.3, 0.4) is 0 Å². The number of rotatable bonds is 3. The molecular weight excluding hydrogens is 436 g/mol. The predicted octanol–water partition coefficient (Wildman–Crippen LogP) is 6.57. The first-order valence-corrected chi connectivity index (χ1v) is 11.3. The molecule has 33 heavy (non-hydrogen) atoms. The Labute approximate surface area is 198 Å². The lowest BCUT2D eigenvalue weighted by Crippen LogP contribution is -2.64. The summed E-state index contributed by atoms with van der Waals surface area (Å²) in [6, 6.07) is 17.7. The molecule has 168 valence electrons. The Balaban J connectivity index is 1.73. The molecule has 3 aromatic carbocycles. The number of ether oxygens (including phenoxy) is 2. The first-order chi connectivity index (χ1) is 15.6. The zero-order valence-electron chi connectivity index (χ0n) is 19.0. The monoisotopic (exact) mass is 460 g/mol. The Hall–Kier alpha value is -3.31. The topological polar surface area (TPSA) is 59.9 Å². The summed E-state index contributed by atoms with van der Waals surface area (Å²) in [6.45, 7) is 11.3. The van der Waals surface area contributed by atoms with E-state index < -0.39 is 23.2 Å². The minimum absolute atomic E-state index is 0.327. The first-order valence-electron chi connectivity index (χ1n) is 10.9. The van der Waals surface area contributed by atoms with E-state index in [0.717, 1.165) is 27.7 Å². The smallest absolute Gasteiger partial charge is 0.333 e. The second-order valence-corrected chi connectivity index (χ2v) is 9.62. The lowest BCUT2D eigenvalue weighted by molar-refractivity contribution is -0.141. The van der Waals surface area contributed by atoms with Gasteiger partial charge in [-0.2, -0.15) is 0 Å². The fourth-order valence-electron chi connectivity index (χ4n) is 4.76. The molecule has 2 atom stereocenters. The molecular formula is C27H25ClN2O3. The van der Waals surface area contributed by atoms with E-state index in [1.807, 2.05) is 61.5 Å². The maximum Gasteiger partial charge on any atom is 0.333 e. The molecule has 6 heteroatoms. The van der Waals surface area contributed by atoms with Gasteiger partial charge in [0, 0.05) is 21.7 Å². The van der Waals surface area contributed by atoms with Crippen molar-refractivity contribution in [2.75, 3.05) is 5.32 Å². The maximum absolute atomic E-state index is 12.4. The SMILES string of the molecule is C=C(C)C(=O)OC(C)C1=Nc2c(ccc3ccccc23)OC12Nc1ccc(Cl)cc1C2(C)C. The van der Waals surface area contributed by atoms with Gasteiger partial charge >= 0.3 is 5.97 Å². The molecule has 2 aliphatic rings. The molecule has 0 amide bonds. The predicted molar refractivity (Wildman–Crippen MR) is 133 cm³/mol.